The quantitative estimate of drug-likeness (QED) is 0.128. The summed E-state index contributed by atoms with van der Waals surface area (Å²) < 4.78 is 0. The topological polar surface area (TPSA) is 57.4 Å². The van der Waals surface area contributed by atoms with Crippen molar-refractivity contribution in [2.45, 2.75) is 6.42 Å². The van der Waals surface area contributed by atoms with Crippen molar-refractivity contribution in [3.05, 3.63) is 167 Å². The molecule has 4 nitrogen and oxygen atoms in total. The monoisotopic (exact) mass is 644 g/mol. The van der Waals surface area contributed by atoms with Crippen molar-refractivity contribution in [1.82, 2.24) is 19.9 Å². The zero-order valence-electron chi connectivity index (χ0n) is 24.3. The summed E-state index contributed by atoms with van der Waals surface area (Å²) in [5.74, 6) is 0. The molecular formula is C39H29CuN4Si. The van der Waals surface area contributed by atoms with Crippen LogP contribution in [-0.4, -0.2) is 30.9 Å². The van der Waals surface area contributed by atoms with E-state index in [1.165, 1.54) is 22.3 Å². The fourth-order valence-electron chi connectivity index (χ4n) is 5.33. The van der Waals surface area contributed by atoms with Crippen LogP contribution in [0.3, 0.4) is 0 Å². The van der Waals surface area contributed by atoms with Gasteiger partial charge >= 0.3 is 17.1 Å². The van der Waals surface area contributed by atoms with Gasteiger partial charge in [0.05, 0.1) is 22.8 Å². The van der Waals surface area contributed by atoms with E-state index in [1.54, 1.807) is 0 Å². The molecule has 4 radical (unpaired) electrons. The molecule has 0 unspecified atom stereocenters. The van der Waals surface area contributed by atoms with Crippen LogP contribution in [0, 0.1) is 6.07 Å². The number of H-pyrrole nitrogens is 2. The largest absolute Gasteiger partial charge is 1.00 e. The van der Waals surface area contributed by atoms with Gasteiger partial charge in [-0.3, -0.25) is 0 Å². The average Bonchev–Trinajstić information content (AvgIpc) is 3.88. The van der Waals surface area contributed by atoms with Crippen LogP contribution in [-0.2, 0) is 23.5 Å². The maximum atomic E-state index is 4.62. The van der Waals surface area contributed by atoms with Gasteiger partial charge in [0.1, 0.15) is 0 Å². The minimum atomic E-state index is 0. The summed E-state index contributed by atoms with van der Waals surface area (Å²) in [5.41, 5.74) is 13.4. The molecule has 220 valence electrons. The Morgan fingerprint density at radius 3 is 1.51 bits per heavy atom. The van der Waals surface area contributed by atoms with Crippen molar-refractivity contribution >= 4 is 57.3 Å². The molecule has 5 heterocycles. The minimum Gasteiger partial charge on any atom is -0.355 e. The first kappa shape index (κ1) is 31.4. The predicted octanol–water partition coefficient (Wildman–Crippen LogP) is 9.02. The summed E-state index contributed by atoms with van der Waals surface area (Å²) in [6, 6.07) is 46.5. The van der Waals surface area contributed by atoms with Crippen LogP contribution in [0.25, 0.3) is 57.5 Å². The number of nitrogens with zero attached hydrogens (tertiary/aromatic N) is 2. The maximum absolute atomic E-state index is 4.62. The predicted molar refractivity (Wildman–Crippen MR) is 185 cm³/mol. The van der Waals surface area contributed by atoms with E-state index in [0.717, 1.165) is 51.3 Å². The van der Waals surface area contributed by atoms with Crippen LogP contribution >= 0.6 is 0 Å². The summed E-state index contributed by atoms with van der Waals surface area (Å²) >= 11 is 0. The van der Waals surface area contributed by atoms with Gasteiger partial charge in [-0.2, -0.15) is 29.8 Å². The smallest absolute Gasteiger partial charge is 0.355 e. The van der Waals surface area contributed by atoms with Gasteiger partial charge in [0.25, 0.3) is 0 Å². The van der Waals surface area contributed by atoms with E-state index >= 15 is 0 Å². The Labute approximate surface area is 278 Å². The number of hydrogen-bond acceptors (Lipinski definition) is 2. The molecule has 0 atom stereocenters. The fourth-order valence-corrected chi connectivity index (χ4v) is 5.33. The van der Waals surface area contributed by atoms with Crippen molar-refractivity contribution < 1.29 is 17.1 Å². The molecule has 0 spiro atoms. The Morgan fingerprint density at radius 1 is 0.489 bits per heavy atom. The summed E-state index contributed by atoms with van der Waals surface area (Å²) in [7, 11) is 0. The Balaban J connectivity index is 0.000000160. The van der Waals surface area contributed by atoms with E-state index in [2.05, 4.69) is 92.7 Å². The zero-order valence-corrected chi connectivity index (χ0v) is 26.3. The van der Waals surface area contributed by atoms with Gasteiger partial charge in [-0.1, -0.05) is 71.8 Å². The van der Waals surface area contributed by atoms with E-state index in [-0.39, 0.29) is 28.0 Å². The second-order valence-corrected chi connectivity index (χ2v) is 10.5. The third kappa shape index (κ3) is 7.75. The summed E-state index contributed by atoms with van der Waals surface area (Å²) in [5, 5.41) is 0. The number of rotatable bonds is 0. The molecule has 2 aliphatic heterocycles. The number of hydrogen-bond donors (Lipinski definition) is 2. The standard InChI is InChI=1S/C20H14N4.C13H9.C6H6.Cu.Si/c1-2-14-10-16-5-6-18(23-16)12-20-8-7-19(24-20)11-17-4-3-15(22-17)9-13(1)21-14;1-3-7-12-10(5-1)9-11-6-2-4-8-13(11)12;1-2-4-6-5-3-1;;/h1-12,21-22H;1-5,7-8H,9H2;1-6H;;/q;-1;;+1;. The van der Waals surface area contributed by atoms with Crippen LogP contribution < -0.4 is 0 Å². The average molecular weight is 645 g/mol. The van der Waals surface area contributed by atoms with E-state index in [9.17, 15) is 0 Å². The Kier molecular flexibility index (Phi) is 10.2. The number of fused-ring (bicyclic) bond motifs is 11. The second kappa shape index (κ2) is 14.6. The zero-order chi connectivity index (χ0) is 28.8. The molecule has 6 aromatic rings. The molecule has 1 aliphatic carbocycles. The van der Waals surface area contributed by atoms with Gasteiger partial charge in [-0.25, -0.2) is 9.97 Å². The van der Waals surface area contributed by atoms with Gasteiger partial charge < -0.3 is 9.97 Å². The van der Waals surface area contributed by atoms with Gasteiger partial charge in [0.2, 0.25) is 0 Å². The summed E-state index contributed by atoms with van der Waals surface area (Å²) in [6.45, 7) is 0. The number of aromatic amines is 2. The normalized spacial score (nSPS) is 11.4. The SMILES string of the molecule is C1=Cc2cc3ccc(cc4ccc(cc5nc(cc1n2)C=C5)[nH]4)[nH]3.[Cu+].[Si].[c-]1cccc2c1Cc1ccccc1-2.c1ccccc1. The first-order chi connectivity index (χ1) is 21.2. The molecule has 0 saturated heterocycles. The summed E-state index contributed by atoms with van der Waals surface area (Å²) in [6.07, 6.45) is 9.10. The van der Waals surface area contributed by atoms with E-state index in [1.807, 2.05) is 85.0 Å². The third-order valence-electron chi connectivity index (χ3n) is 7.33. The van der Waals surface area contributed by atoms with Crippen LogP contribution in [0.2, 0.25) is 0 Å². The first-order valence-corrected chi connectivity index (χ1v) is 14.4. The molecule has 3 aromatic carbocycles. The van der Waals surface area contributed by atoms with Crippen molar-refractivity contribution in [2.24, 2.45) is 0 Å². The number of nitrogens with one attached hydrogen (secondary N) is 2. The van der Waals surface area contributed by atoms with Gasteiger partial charge in [0.15, 0.2) is 0 Å². The Morgan fingerprint density at radius 2 is 0.956 bits per heavy atom. The van der Waals surface area contributed by atoms with Crippen LogP contribution in [0.4, 0.5) is 0 Å². The van der Waals surface area contributed by atoms with Crippen LogP contribution in [0.5, 0.6) is 0 Å². The molecule has 3 aliphatic rings. The maximum Gasteiger partial charge on any atom is 1.00 e. The van der Waals surface area contributed by atoms with Crippen molar-refractivity contribution in [1.29, 1.82) is 0 Å². The van der Waals surface area contributed by atoms with Crippen LogP contribution in [0.1, 0.15) is 33.9 Å². The fraction of sp³-hybridized carbons (Fsp3) is 0.0256. The van der Waals surface area contributed by atoms with E-state index < -0.39 is 0 Å². The Hall–Kier alpha value is -5.00. The molecule has 0 amide bonds. The summed E-state index contributed by atoms with van der Waals surface area (Å²) in [4.78, 5) is 16.0. The molecule has 2 N–H and O–H groups in total. The van der Waals surface area contributed by atoms with E-state index in [4.69, 9.17) is 0 Å². The van der Waals surface area contributed by atoms with Crippen molar-refractivity contribution in [3.8, 4) is 11.1 Å². The molecule has 6 heteroatoms. The van der Waals surface area contributed by atoms with Crippen LogP contribution in [0.15, 0.2) is 127 Å². The molecular weight excluding hydrogens is 616 g/mol. The van der Waals surface area contributed by atoms with Crippen molar-refractivity contribution in [2.75, 3.05) is 0 Å². The third-order valence-corrected chi connectivity index (χ3v) is 7.33. The Bertz CT molecular complexity index is 1970. The first-order valence-electron chi connectivity index (χ1n) is 14.4. The van der Waals surface area contributed by atoms with Crippen molar-refractivity contribution in [3.63, 3.8) is 0 Å². The van der Waals surface area contributed by atoms with Gasteiger partial charge in [-0.15, -0.1) is 5.56 Å². The molecule has 0 saturated carbocycles. The molecule has 0 fully saturated rings. The number of benzene rings is 3. The molecule has 9 rings (SSSR count). The molecule has 3 aromatic heterocycles. The minimum absolute atomic E-state index is 0. The van der Waals surface area contributed by atoms with Gasteiger partial charge in [-0.05, 0) is 79.3 Å². The van der Waals surface area contributed by atoms with E-state index in [0.29, 0.717) is 0 Å². The molecule has 45 heavy (non-hydrogen) atoms. The molecule has 8 bridgehead atoms. The number of aromatic nitrogens is 4. The van der Waals surface area contributed by atoms with Gasteiger partial charge in [0, 0.05) is 33.0 Å². The second-order valence-electron chi connectivity index (χ2n) is 10.5.